The van der Waals surface area contributed by atoms with Gasteiger partial charge in [0.25, 0.3) is 0 Å². The molecule has 0 aliphatic heterocycles. The zero-order valence-electron chi connectivity index (χ0n) is 3.99. The zero-order valence-corrected chi connectivity index (χ0v) is 6.11. The molecule has 0 spiro atoms. The van der Waals surface area contributed by atoms with Crippen molar-refractivity contribution in [1.82, 2.24) is 0 Å². The Labute approximate surface area is 86.5 Å². The third kappa shape index (κ3) is 25.4. The summed E-state index contributed by atoms with van der Waals surface area (Å²) in [7, 11) is 0. The maximum Gasteiger partial charge on any atom is 1.00 e. The second-order valence-corrected chi connectivity index (χ2v) is 0.236. The van der Waals surface area contributed by atoms with Crippen LogP contribution in [0.3, 0.4) is 0 Å². The standard InChI is InChI=1S/C2H4O.Al.K.4H/c1-2-3;;;;;;/h2H,1H3;;;;;;/q;;+1;;;;-1. The van der Waals surface area contributed by atoms with E-state index in [4.69, 9.17) is 4.79 Å². The van der Waals surface area contributed by atoms with Crippen molar-refractivity contribution in [3.63, 3.8) is 0 Å². The number of rotatable bonds is 0. The van der Waals surface area contributed by atoms with Gasteiger partial charge in [0.2, 0.25) is 0 Å². The first-order valence-corrected chi connectivity index (χ1v) is 0.813. The molecule has 0 N–H and O–H groups in total. The second-order valence-electron chi connectivity index (χ2n) is 0.236. The van der Waals surface area contributed by atoms with E-state index in [1.807, 2.05) is 0 Å². The summed E-state index contributed by atoms with van der Waals surface area (Å²) in [6, 6.07) is 0. The molecule has 0 bridgehead atoms. The van der Waals surface area contributed by atoms with Gasteiger partial charge < -0.3 is 6.22 Å². The van der Waals surface area contributed by atoms with E-state index in [9.17, 15) is 0 Å². The molecule has 0 fully saturated rings. The van der Waals surface area contributed by atoms with Crippen molar-refractivity contribution in [3.8, 4) is 0 Å². The molecule has 1 nitrogen and oxygen atoms in total. The molecule has 26 valence electrons. The van der Waals surface area contributed by atoms with E-state index in [1.165, 1.54) is 6.92 Å². The van der Waals surface area contributed by atoms with Gasteiger partial charge in [-0.3, -0.25) is 0 Å². The Morgan fingerprint density at radius 2 is 1.80 bits per heavy atom. The summed E-state index contributed by atoms with van der Waals surface area (Å²) in [6.07, 6.45) is 0.750. The maximum absolute atomic E-state index is 8.81. The van der Waals surface area contributed by atoms with Gasteiger partial charge in [0.1, 0.15) is 6.29 Å². The molecule has 0 aromatic heterocycles. The summed E-state index contributed by atoms with van der Waals surface area (Å²) in [5, 5.41) is 0. The van der Waals surface area contributed by atoms with Gasteiger partial charge >= 0.3 is 51.4 Å². The van der Waals surface area contributed by atoms with Crippen molar-refractivity contribution in [2.45, 2.75) is 6.92 Å². The Kier molecular flexibility index (Phi) is 53.7. The molecular weight excluding hydrogens is 106 g/mol. The fourth-order valence-electron chi connectivity index (χ4n) is 0. The molecule has 0 amide bonds. The summed E-state index contributed by atoms with van der Waals surface area (Å²) in [5.74, 6) is 0. The van der Waals surface area contributed by atoms with Crippen LogP contribution in [0, 0.1) is 0 Å². The average Bonchev–Trinajstić information content (AvgIpc) is 0.918. The molecular formula is C2H8AlKO. The van der Waals surface area contributed by atoms with Crippen LogP contribution in [-0.4, -0.2) is 23.6 Å². The van der Waals surface area contributed by atoms with Gasteiger partial charge in [0.05, 0.1) is 0 Å². The van der Waals surface area contributed by atoms with Gasteiger partial charge in [-0.2, -0.15) is 0 Å². The maximum atomic E-state index is 8.81. The van der Waals surface area contributed by atoms with Crippen LogP contribution in [0.25, 0.3) is 0 Å². The monoisotopic (exact) mass is 114 g/mol. The van der Waals surface area contributed by atoms with E-state index in [2.05, 4.69) is 0 Å². The minimum Gasteiger partial charge on any atom is -1.00 e. The van der Waals surface area contributed by atoms with Crippen molar-refractivity contribution >= 4 is 23.6 Å². The normalized spacial score (nSPS) is 2.60. The van der Waals surface area contributed by atoms with Crippen molar-refractivity contribution in [2.75, 3.05) is 0 Å². The van der Waals surface area contributed by atoms with Crippen molar-refractivity contribution in [1.29, 1.82) is 0 Å². The largest absolute Gasteiger partial charge is 1.00 e. The summed E-state index contributed by atoms with van der Waals surface area (Å²) in [4.78, 5) is 8.81. The molecule has 3 heteroatoms. The minimum absolute atomic E-state index is 0. The minimum atomic E-state index is 0. The Morgan fingerprint density at radius 1 is 1.80 bits per heavy atom. The van der Waals surface area contributed by atoms with Gasteiger partial charge in [-0.05, 0) is 6.92 Å². The van der Waals surface area contributed by atoms with Crippen molar-refractivity contribution in [2.24, 2.45) is 0 Å². The van der Waals surface area contributed by atoms with Crippen molar-refractivity contribution < 1.29 is 57.6 Å². The van der Waals surface area contributed by atoms with Crippen LogP contribution < -0.4 is 51.4 Å². The molecule has 0 aromatic carbocycles. The molecule has 5 heavy (non-hydrogen) atoms. The molecule has 0 radical (unpaired) electrons. The fraction of sp³-hybridized carbons (Fsp3) is 0.500. The molecule has 0 aliphatic carbocycles. The van der Waals surface area contributed by atoms with Gasteiger partial charge in [0, 0.05) is 0 Å². The van der Waals surface area contributed by atoms with Crippen LogP contribution in [-0.2, 0) is 4.79 Å². The zero-order chi connectivity index (χ0) is 2.71. The Morgan fingerprint density at radius 3 is 1.80 bits per heavy atom. The molecule has 0 heterocycles. The predicted octanol–water partition coefficient (Wildman–Crippen LogP) is -3.86. The number of carbonyl (C=O) groups is 1. The molecule has 0 atom stereocenters. The van der Waals surface area contributed by atoms with E-state index in [1.54, 1.807) is 0 Å². The van der Waals surface area contributed by atoms with Crippen LogP contribution in [0.2, 0.25) is 0 Å². The van der Waals surface area contributed by atoms with E-state index in [-0.39, 0.29) is 70.2 Å². The smallest absolute Gasteiger partial charge is 1.00 e. The van der Waals surface area contributed by atoms with Gasteiger partial charge in [-0.15, -0.1) is 0 Å². The van der Waals surface area contributed by atoms with Crippen LogP contribution in [0.4, 0.5) is 0 Å². The molecule has 0 saturated carbocycles. The molecule has 0 aliphatic rings. The SMILES string of the molecule is CC=O.[AlH3].[H-].[K+]. The summed E-state index contributed by atoms with van der Waals surface area (Å²) in [6.45, 7) is 1.44. The van der Waals surface area contributed by atoms with Crippen LogP contribution in [0.5, 0.6) is 0 Å². The predicted molar refractivity (Wildman–Crippen MR) is 22.8 cm³/mol. The Balaban J connectivity index is -0.00000000667. The van der Waals surface area contributed by atoms with E-state index in [0.29, 0.717) is 0 Å². The number of carbonyl (C=O) groups excluding carboxylic acids is 1. The first-order valence-electron chi connectivity index (χ1n) is 0.813. The number of hydrogen-bond donors (Lipinski definition) is 0. The molecule has 0 rings (SSSR count). The second kappa shape index (κ2) is 17.0. The average molecular weight is 114 g/mol. The van der Waals surface area contributed by atoms with E-state index < -0.39 is 0 Å². The quantitative estimate of drug-likeness (QED) is 0.233. The fourth-order valence-corrected chi connectivity index (χ4v) is 0. The summed E-state index contributed by atoms with van der Waals surface area (Å²) in [5.41, 5.74) is 0. The van der Waals surface area contributed by atoms with Gasteiger partial charge in [-0.1, -0.05) is 0 Å². The van der Waals surface area contributed by atoms with Crippen LogP contribution >= 0.6 is 0 Å². The third-order valence-electron chi connectivity index (χ3n) is 0. The molecule has 0 unspecified atom stereocenters. The summed E-state index contributed by atoms with van der Waals surface area (Å²) < 4.78 is 0. The molecule has 0 aromatic rings. The first kappa shape index (κ1) is 15.8. The van der Waals surface area contributed by atoms with E-state index in [0.717, 1.165) is 6.29 Å². The van der Waals surface area contributed by atoms with Gasteiger partial charge in [-0.25, -0.2) is 0 Å². The van der Waals surface area contributed by atoms with Gasteiger partial charge in [0.15, 0.2) is 17.4 Å². The number of hydrogen-bond acceptors (Lipinski definition) is 1. The Hall–Kier alpha value is 1.84. The number of aldehydes is 1. The summed E-state index contributed by atoms with van der Waals surface area (Å²) >= 11 is 0. The van der Waals surface area contributed by atoms with Crippen LogP contribution in [0.1, 0.15) is 8.35 Å². The van der Waals surface area contributed by atoms with E-state index >= 15 is 0 Å². The Bertz CT molecular complexity index is 21.0. The van der Waals surface area contributed by atoms with Crippen LogP contribution in [0.15, 0.2) is 0 Å². The van der Waals surface area contributed by atoms with Crippen molar-refractivity contribution in [3.05, 3.63) is 0 Å². The molecule has 0 saturated heterocycles. The first-order chi connectivity index (χ1) is 1.41. The topological polar surface area (TPSA) is 17.1 Å². The third-order valence-corrected chi connectivity index (χ3v) is 0.